The van der Waals surface area contributed by atoms with Gasteiger partial charge in [-0.15, -0.1) is 0 Å². The van der Waals surface area contributed by atoms with Gasteiger partial charge in [-0.25, -0.2) is 0 Å². The molecule has 0 saturated carbocycles. The van der Waals surface area contributed by atoms with Crippen LogP contribution in [0.3, 0.4) is 0 Å². The zero-order chi connectivity index (χ0) is 11.0. The summed E-state index contributed by atoms with van der Waals surface area (Å²) < 4.78 is 0. The van der Waals surface area contributed by atoms with Crippen LogP contribution in [-0.4, -0.2) is 30.4 Å². The lowest BCUT2D eigenvalue weighted by Crippen LogP contribution is -2.34. The van der Waals surface area contributed by atoms with Gasteiger partial charge in [0.25, 0.3) is 0 Å². The summed E-state index contributed by atoms with van der Waals surface area (Å²) in [4.78, 5) is 13.7. The smallest absolute Gasteiger partial charge is 0.222 e. The summed E-state index contributed by atoms with van der Waals surface area (Å²) in [6.07, 6.45) is 2.65. The Morgan fingerprint density at radius 2 is 1.79 bits per heavy atom. The molecule has 0 radical (unpaired) electrons. The average Bonchev–Trinajstić information content (AvgIpc) is 2.17. The van der Waals surface area contributed by atoms with E-state index in [2.05, 4.69) is 13.8 Å². The van der Waals surface area contributed by atoms with Crippen molar-refractivity contribution in [1.82, 2.24) is 4.90 Å². The molecular weight excluding hydrogens is 176 g/mol. The lowest BCUT2D eigenvalue weighted by Gasteiger charge is -2.22. The van der Waals surface area contributed by atoms with Crippen LogP contribution in [0.5, 0.6) is 0 Å². The van der Waals surface area contributed by atoms with Crippen molar-refractivity contribution in [1.29, 1.82) is 0 Å². The molecule has 1 amide bonds. The second kappa shape index (κ2) is 7.80. The first-order valence-corrected chi connectivity index (χ1v) is 5.63. The number of hydrogen-bond acceptors (Lipinski definition) is 2. The van der Waals surface area contributed by atoms with Crippen LogP contribution in [0.1, 0.15) is 40.0 Å². The molecule has 0 saturated heterocycles. The van der Waals surface area contributed by atoms with Crippen molar-refractivity contribution in [3.05, 3.63) is 0 Å². The van der Waals surface area contributed by atoms with E-state index in [-0.39, 0.29) is 5.91 Å². The normalized spacial score (nSPS) is 12.6. The molecule has 3 nitrogen and oxygen atoms in total. The van der Waals surface area contributed by atoms with Gasteiger partial charge in [-0.1, -0.05) is 20.8 Å². The Hall–Kier alpha value is -0.570. The quantitative estimate of drug-likeness (QED) is 0.679. The minimum atomic E-state index is 0.256. The minimum absolute atomic E-state index is 0.256. The van der Waals surface area contributed by atoms with Crippen molar-refractivity contribution in [3.8, 4) is 0 Å². The highest BCUT2D eigenvalue weighted by Crippen LogP contribution is 2.05. The predicted molar refractivity (Wildman–Crippen MR) is 60.0 cm³/mol. The standard InChI is InChI=1S/C11H24N2O/c1-4-6-13(7-5-2)11(14)8-10(3)9-12/h10H,4-9,12H2,1-3H3. The third kappa shape index (κ3) is 5.22. The number of nitrogens with zero attached hydrogens (tertiary/aromatic N) is 1. The minimum Gasteiger partial charge on any atom is -0.343 e. The third-order valence-electron chi connectivity index (χ3n) is 2.27. The van der Waals surface area contributed by atoms with Gasteiger partial charge in [0.15, 0.2) is 0 Å². The monoisotopic (exact) mass is 200 g/mol. The second-order valence-electron chi connectivity index (χ2n) is 3.93. The van der Waals surface area contributed by atoms with Crippen LogP contribution in [-0.2, 0) is 4.79 Å². The van der Waals surface area contributed by atoms with Crippen molar-refractivity contribution < 1.29 is 4.79 Å². The molecular formula is C11H24N2O. The SMILES string of the molecule is CCCN(CCC)C(=O)CC(C)CN. The van der Waals surface area contributed by atoms with Crippen LogP contribution in [0, 0.1) is 5.92 Å². The molecule has 0 aliphatic rings. The number of nitrogens with two attached hydrogens (primary N) is 1. The van der Waals surface area contributed by atoms with E-state index in [4.69, 9.17) is 5.73 Å². The number of rotatable bonds is 7. The van der Waals surface area contributed by atoms with Gasteiger partial charge >= 0.3 is 0 Å². The van der Waals surface area contributed by atoms with Crippen LogP contribution in [0.2, 0.25) is 0 Å². The fourth-order valence-corrected chi connectivity index (χ4v) is 1.41. The Morgan fingerprint density at radius 1 is 1.29 bits per heavy atom. The fraction of sp³-hybridized carbons (Fsp3) is 0.909. The Kier molecular flexibility index (Phi) is 7.48. The van der Waals surface area contributed by atoms with E-state index in [1.165, 1.54) is 0 Å². The lowest BCUT2D eigenvalue weighted by atomic mass is 10.1. The van der Waals surface area contributed by atoms with Gasteiger partial charge in [-0.2, -0.15) is 0 Å². The van der Waals surface area contributed by atoms with Gasteiger partial charge in [0.2, 0.25) is 5.91 Å². The second-order valence-corrected chi connectivity index (χ2v) is 3.93. The van der Waals surface area contributed by atoms with E-state index in [1.54, 1.807) is 0 Å². The van der Waals surface area contributed by atoms with Crippen molar-refractivity contribution in [2.24, 2.45) is 11.7 Å². The topological polar surface area (TPSA) is 46.3 Å². The van der Waals surface area contributed by atoms with E-state index in [0.29, 0.717) is 18.9 Å². The highest BCUT2D eigenvalue weighted by atomic mass is 16.2. The Bertz CT molecular complexity index is 153. The summed E-state index contributed by atoms with van der Waals surface area (Å²) >= 11 is 0. The van der Waals surface area contributed by atoms with Crippen LogP contribution in [0.25, 0.3) is 0 Å². The number of carbonyl (C=O) groups excluding carboxylic acids is 1. The Balaban J connectivity index is 4.00. The molecule has 3 heteroatoms. The summed E-state index contributed by atoms with van der Waals surface area (Å²) in [6.45, 7) is 8.57. The maximum atomic E-state index is 11.8. The van der Waals surface area contributed by atoms with Crippen molar-refractivity contribution in [2.75, 3.05) is 19.6 Å². The fourth-order valence-electron chi connectivity index (χ4n) is 1.41. The molecule has 0 bridgehead atoms. The van der Waals surface area contributed by atoms with Crippen molar-refractivity contribution in [2.45, 2.75) is 40.0 Å². The molecule has 0 aromatic heterocycles. The van der Waals surface area contributed by atoms with E-state index in [9.17, 15) is 4.79 Å². The molecule has 1 atom stereocenters. The number of amides is 1. The number of carbonyl (C=O) groups is 1. The first-order chi connectivity index (χ1) is 6.65. The average molecular weight is 200 g/mol. The predicted octanol–water partition coefficient (Wildman–Crippen LogP) is 1.62. The van der Waals surface area contributed by atoms with Crippen LogP contribution >= 0.6 is 0 Å². The van der Waals surface area contributed by atoms with Crippen molar-refractivity contribution >= 4 is 5.91 Å². The molecule has 84 valence electrons. The molecule has 0 heterocycles. The van der Waals surface area contributed by atoms with Crippen LogP contribution < -0.4 is 5.73 Å². The van der Waals surface area contributed by atoms with E-state index in [0.717, 1.165) is 25.9 Å². The summed E-state index contributed by atoms with van der Waals surface area (Å²) in [5.41, 5.74) is 5.50. The highest BCUT2D eigenvalue weighted by molar-refractivity contribution is 5.76. The summed E-state index contributed by atoms with van der Waals surface area (Å²) in [6, 6.07) is 0. The van der Waals surface area contributed by atoms with Crippen LogP contribution in [0.15, 0.2) is 0 Å². The van der Waals surface area contributed by atoms with Gasteiger partial charge in [0.1, 0.15) is 0 Å². The van der Waals surface area contributed by atoms with Crippen LogP contribution in [0.4, 0.5) is 0 Å². The molecule has 2 N–H and O–H groups in total. The lowest BCUT2D eigenvalue weighted by molar-refractivity contribution is -0.132. The molecule has 0 aromatic carbocycles. The van der Waals surface area contributed by atoms with E-state index < -0.39 is 0 Å². The van der Waals surface area contributed by atoms with Gasteiger partial charge in [-0.3, -0.25) is 4.79 Å². The molecule has 0 aromatic rings. The zero-order valence-electron chi connectivity index (χ0n) is 9.75. The molecule has 0 fully saturated rings. The molecule has 0 rings (SSSR count). The van der Waals surface area contributed by atoms with E-state index in [1.807, 2.05) is 11.8 Å². The Morgan fingerprint density at radius 3 is 2.14 bits per heavy atom. The first-order valence-electron chi connectivity index (χ1n) is 5.63. The van der Waals surface area contributed by atoms with Gasteiger partial charge in [-0.05, 0) is 25.3 Å². The molecule has 0 aliphatic heterocycles. The first kappa shape index (κ1) is 13.4. The third-order valence-corrected chi connectivity index (χ3v) is 2.27. The van der Waals surface area contributed by atoms with Gasteiger partial charge in [0.05, 0.1) is 0 Å². The highest BCUT2D eigenvalue weighted by Gasteiger charge is 2.14. The summed E-state index contributed by atoms with van der Waals surface area (Å²) in [5, 5.41) is 0. The van der Waals surface area contributed by atoms with Gasteiger partial charge < -0.3 is 10.6 Å². The number of hydrogen-bond donors (Lipinski definition) is 1. The molecule has 1 unspecified atom stereocenters. The maximum absolute atomic E-state index is 11.8. The van der Waals surface area contributed by atoms with Crippen molar-refractivity contribution in [3.63, 3.8) is 0 Å². The Labute approximate surface area is 87.6 Å². The maximum Gasteiger partial charge on any atom is 0.222 e. The summed E-state index contributed by atoms with van der Waals surface area (Å²) in [7, 11) is 0. The molecule has 14 heavy (non-hydrogen) atoms. The summed E-state index contributed by atoms with van der Waals surface area (Å²) in [5.74, 6) is 0.561. The molecule has 0 aliphatic carbocycles. The van der Waals surface area contributed by atoms with E-state index >= 15 is 0 Å². The largest absolute Gasteiger partial charge is 0.343 e. The molecule has 0 spiro atoms. The van der Waals surface area contributed by atoms with Gasteiger partial charge in [0, 0.05) is 19.5 Å². The zero-order valence-corrected chi connectivity index (χ0v) is 9.75.